The van der Waals surface area contributed by atoms with Crippen LogP contribution in [0.1, 0.15) is 70.4 Å². The van der Waals surface area contributed by atoms with Crippen molar-refractivity contribution in [3.8, 4) is 11.4 Å². The summed E-state index contributed by atoms with van der Waals surface area (Å²) < 4.78 is 7.11. The minimum atomic E-state index is -0.384. The van der Waals surface area contributed by atoms with E-state index in [2.05, 4.69) is 39.3 Å². The van der Waals surface area contributed by atoms with Crippen LogP contribution in [-0.4, -0.2) is 39.5 Å². The number of fused-ring (bicyclic) bond motifs is 2. The van der Waals surface area contributed by atoms with Crippen LogP contribution in [-0.2, 0) is 35.2 Å². The van der Waals surface area contributed by atoms with Gasteiger partial charge in [0, 0.05) is 26.7 Å². The lowest BCUT2D eigenvalue weighted by Crippen LogP contribution is -2.17. The summed E-state index contributed by atoms with van der Waals surface area (Å²) in [7, 11) is 1.38. The summed E-state index contributed by atoms with van der Waals surface area (Å²) >= 11 is 4.69. The number of amides is 1. The highest BCUT2D eigenvalue weighted by atomic mass is 32.2. The summed E-state index contributed by atoms with van der Waals surface area (Å²) in [5, 5.41) is 15.5. The van der Waals surface area contributed by atoms with E-state index in [0.717, 1.165) is 48.6 Å². The molecule has 0 aromatic carbocycles. The molecule has 0 bridgehead atoms. The zero-order chi connectivity index (χ0) is 23.8. The molecule has 3 aromatic rings. The molecule has 0 radical (unpaired) electrons. The number of esters is 1. The van der Waals surface area contributed by atoms with E-state index < -0.39 is 0 Å². The fraction of sp³-hybridized carbons (Fsp3) is 0.500. The largest absolute Gasteiger partial charge is 0.465 e. The fourth-order valence-corrected chi connectivity index (χ4v) is 8.09. The van der Waals surface area contributed by atoms with Gasteiger partial charge >= 0.3 is 5.97 Å². The van der Waals surface area contributed by atoms with Crippen molar-refractivity contribution >= 4 is 51.3 Å². The number of aryl methyl sites for hydroxylation is 2. The Bertz CT molecular complexity index is 1240. The molecule has 2 aliphatic carbocycles. The summed E-state index contributed by atoms with van der Waals surface area (Å²) in [4.78, 5) is 27.9. The standard InChI is InChI=1S/C24H28N4O3S3/c1-13(2)28-21(16-11-32-17-9-5-4-7-14(16)17)26-27-24(28)33-12-19(29)25-22-20(23(30)31-3)15-8-6-10-18(15)34-22/h11,13H,4-10,12H2,1-3H3,(H,25,29). The maximum absolute atomic E-state index is 12.9. The van der Waals surface area contributed by atoms with E-state index in [1.807, 2.05) is 11.3 Å². The van der Waals surface area contributed by atoms with Crippen molar-refractivity contribution in [3.63, 3.8) is 0 Å². The number of carbonyl (C=O) groups excluding carboxylic acids is 2. The number of nitrogens with zero attached hydrogens (tertiary/aromatic N) is 3. The van der Waals surface area contributed by atoms with Gasteiger partial charge < -0.3 is 10.1 Å². The monoisotopic (exact) mass is 516 g/mol. The maximum Gasteiger partial charge on any atom is 0.341 e. The summed E-state index contributed by atoms with van der Waals surface area (Å²) in [5.41, 5.74) is 4.16. The van der Waals surface area contributed by atoms with Crippen molar-refractivity contribution in [2.24, 2.45) is 0 Å². The van der Waals surface area contributed by atoms with E-state index in [4.69, 9.17) is 4.74 Å². The Morgan fingerprint density at radius 1 is 1.12 bits per heavy atom. The zero-order valence-corrected chi connectivity index (χ0v) is 22.1. The number of hydrogen-bond donors (Lipinski definition) is 1. The molecule has 34 heavy (non-hydrogen) atoms. The lowest BCUT2D eigenvalue weighted by Gasteiger charge is -2.16. The van der Waals surface area contributed by atoms with Crippen LogP contribution in [0.3, 0.4) is 0 Å². The number of aromatic nitrogens is 3. The van der Waals surface area contributed by atoms with Crippen molar-refractivity contribution in [2.75, 3.05) is 18.2 Å². The van der Waals surface area contributed by atoms with Crippen LogP contribution in [0.5, 0.6) is 0 Å². The molecule has 3 aromatic heterocycles. The molecule has 5 rings (SSSR count). The predicted molar refractivity (Wildman–Crippen MR) is 137 cm³/mol. The minimum absolute atomic E-state index is 0.164. The number of thioether (sulfide) groups is 1. The molecular formula is C24H28N4O3S3. The average Bonchev–Trinajstić information content (AvgIpc) is 3.59. The van der Waals surface area contributed by atoms with E-state index in [1.165, 1.54) is 63.9 Å². The Morgan fingerprint density at radius 2 is 1.88 bits per heavy atom. The topological polar surface area (TPSA) is 86.1 Å². The van der Waals surface area contributed by atoms with Gasteiger partial charge in [-0.05, 0) is 69.9 Å². The minimum Gasteiger partial charge on any atom is -0.465 e. The van der Waals surface area contributed by atoms with Crippen molar-refractivity contribution < 1.29 is 14.3 Å². The summed E-state index contributed by atoms with van der Waals surface area (Å²) in [6.45, 7) is 4.23. The molecule has 0 atom stereocenters. The quantitative estimate of drug-likeness (QED) is 0.328. The van der Waals surface area contributed by atoms with Gasteiger partial charge in [0.2, 0.25) is 5.91 Å². The third-order valence-electron chi connectivity index (χ3n) is 6.38. The number of nitrogens with one attached hydrogen (secondary N) is 1. The van der Waals surface area contributed by atoms with Crippen molar-refractivity contribution in [3.05, 3.63) is 31.8 Å². The molecule has 0 spiro atoms. The molecule has 0 saturated carbocycles. The number of hydrogen-bond acceptors (Lipinski definition) is 8. The van der Waals surface area contributed by atoms with Crippen molar-refractivity contribution in [2.45, 2.75) is 70.0 Å². The molecule has 0 fully saturated rings. The second-order valence-electron chi connectivity index (χ2n) is 8.92. The van der Waals surface area contributed by atoms with Crippen LogP contribution in [0, 0.1) is 0 Å². The average molecular weight is 517 g/mol. The van der Waals surface area contributed by atoms with Crippen LogP contribution in [0.4, 0.5) is 5.00 Å². The molecule has 1 N–H and O–H groups in total. The molecule has 1 amide bonds. The Balaban J connectivity index is 1.33. The Hall–Kier alpha value is -2.17. The number of carbonyl (C=O) groups is 2. The highest BCUT2D eigenvalue weighted by Crippen LogP contribution is 2.40. The van der Waals surface area contributed by atoms with Gasteiger partial charge in [-0.3, -0.25) is 9.36 Å². The van der Waals surface area contributed by atoms with Gasteiger partial charge in [-0.25, -0.2) is 4.79 Å². The lowest BCUT2D eigenvalue weighted by molar-refractivity contribution is -0.113. The van der Waals surface area contributed by atoms with Crippen LogP contribution < -0.4 is 5.32 Å². The lowest BCUT2D eigenvalue weighted by atomic mass is 9.95. The van der Waals surface area contributed by atoms with Gasteiger partial charge in [-0.2, -0.15) is 0 Å². The first-order valence-electron chi connectivity index (χ1n) is 11.7. The Morgan fingerprint density at radius 3 is 2.68 bits per heavy atom. The summed E-state index contributed by atoms with van der Waals surface area (Å²) in [6.07, 6.45) is 7.55. The molecule has 0 aliphatic heterocycles. The zero-order valence-electron chi connectivity index (χ0n) is 19.6. The van der Waals surface area contributed by atoms with Gasteiger partial charge in [-0.15, -0.1) is 32.9 Å². The number of anilines is 1. The van der Waals surface area contributed by atoms with Gasteiger partial charge in [0.05, 0.1) is 18.4 Å². The third kappa shape index (κ3) is 4.31. The fourth-order valence-electron chi connectivity index (χ4n) is 4.81. The number of ether oxygens (including phenoxy) is 1. The summed E-state index contributed by atoms with van der Waals surface area (Å²) in [5.74, 6) is 0.531. The van der Waals surface area contributed by atoms with E-state index in [1.54, 1.807) is 0 Å². The highest BCUT2D eigenvalue weighted by molar-refractivity contribution is 7.99. The second-order valence-corrected chi connectivity index (χ2v) is 11.9. The van der Waals surface area contributed by atoms with Gasteiger partial charge in [0.25, 0.3) is 0 Å². The first-order valence-corrected chi connectivity index (χ1v) is 14.4. The van der Waals surface area contributed by atoms with Crippen LogP contribution in [0.25, 0.3) is 11.4 Å². The molecule has 2 aliphatic rings. The number of thiophene rings is 2. The predicted octanol–water partition coefficient (Wildman–Crippen LogP) is 5.53. The van der Waals surface area contributed by atoms with E-state index in [9.17, 15) is 9.59 Å². The normalized spacial score (nSPS) is 14.8. The number of rotatable bonds is 7. The van der Waals surface area contributed by atoms with E-state index >= 15 is 0 Å². The first kappa shape index (κ1) is 23.6. The van der Waals surface area contributed by atoms with Crippen LogP contribution in [0.2, 0.25) is 0 Å². The second kappa shape index (κ2) is 9.83. The SMILES string of the molecule is COC(=O)c1c(NC(=O)CSc2nnc(-c3csc4c3CCCC4)n2C(C)C)sc2c1CCC2. The van der Waals surface area contributed by atoms with Gasteiger partial charge in [0.15, 0.2) is 11.0 Å². The maximum atomic E-state index is 12.9. The highest BCUT2D eigenvalue weighted by Gasteiger charge is 2.28. The van der Waals surface area contributed by atoms with Gasteiger partial charge in [-0.1, -0.05) is 11.8 Å². The molecule has 0 unspecified atom stereocenters. The first-order chi connectivity index (χ1) is 16.5. The van der Waals surface area contributed by atoms with Gasteiger partial charge in [0.1, 0.15) is 5.00 Å². The number of methoxy groups -OCH3 is 1. The smallest absolute Gasteiger partial charge is 0.341 e. The molecule has 3 heterocycles. The molecule has 0 saturated heterocycles. The van der Waals surface area contributed by atoms with Crippen molar-refractivity contribution in [1.82, 2.24) is 14.8 Å². The van der Waals surface area contributed by atoms with Crippen LogP contribution in [0.15, 0.2) is 10.5 Å². The van der Waals surface area contributed by atoms with E-state index in [-0.39, 0.29) is 23.7 Å². The molecule has 7 nitrogen and oxygen atoms in total. The molecule has 10 heteroatoms. The Kier molecular flexibility index (Phi) is 6.81. The van der Waals surface area contributed by atoms with Crippen LogP contribution >= 0.6 is 34.4 Å². The summed E-state index contributed by atoms with van der Waals surface area (Å²) in [6, 6.07) is 0.167. The molecular weight excluding hydrogens is 488 g/mol. The Labute approximate surface area is 211 Å². The third-order valence-corrected chi connectivity index (χ3v) is 9.62. The molecule has 180 valence electrons. The van der Waals surface area contributed by atoms with Crippen molar-refractivity contribution in [1.29, 1.82) is 0 Å². The van der Waals surface area contributed by atoms with E-state index in [0.29, 0.717) is 10.6 Å².